The van der Waals surface area contributed by atoms with E-state index >= 15 is 0 Å². The van der Waals surface area contributed by atoms with E-state index in [4.69, 9.17) is 14.2 Å². The number of carbonyl (C=O) groups excluding carboxylic acids is 3. The summed E-state index contributed by atoms with van der Waals surface area (Å²) >= 11 is 0. The first-order chi connectivity index (χ1) is 32.5. The average molecular weight is 932 g/mol. The Labute approximate surface area is 411 Å². The Morgan fingerprint density at radius 2 is 0.500 bits per heavy atom. The van der Waals surface area contributed by atoms with Crippen LogP contribution in [0.5, 0.6) is 0 Å². The molecule has 0 aliphatic rings. The number of ether oxygens (including phenoxy) is 3. The molecule has 0 aromatic rings. The van der Waals surface area contributed by atoms with Gasteiger partial charge in [-0.2, -0.15) is 0 Å². The highest BCUT2D eigenvalue weighted by Crippen LogP contribution is 2.18. The SMILES string of the molecule is CCCCC/C=C\CCCCCCCC(=O)OC(COC(=O)CCCCCCCCCCCCC)COC(=O)CCCCCCCCCCCCCCCCCCCCCCCCCCC. The van der Waals surface area contributed by atoms with E-state index in [9.17, 15) is 14.4 Å². The lowest BCUT2D eigenvalue weighted by molar-refractivity contribution is -0.167. The molecule has 390 valence electrons. The standard InChI is InChI=1S/C60H114O6/c1-4-7-10-13-16-19-22-24-25-26-27-28-29-30-31-32-33-34-35-36-39-41-44-47-50-53-59(62)65-56-57(55-64-58(61)52-49-46-43-40-37-21-18-15-12-9-6-3)66-60(63)54-51-48-45-42-38-23-20-17-14-11-8-5-2/h17,20,57H,4-16,18-19,21-56H2,1-3H3/b20-17-. The number of allylic oxidation sites excluding steroid dienone is 2. The van der Waals surface area contributed by atoms with Crippen molar-refractivity contribution in [2.75, 3.05) is 13.2 Å². The molecule has 0 saturated heterocycles. The maximum absolute atomic E-state index is 12.8. The predicted molar refractivity (Wildman–Crippen MR) is 284 cm³/mol. The molecule has 0 aliphatic heterocycles. The van der Waals surface area contributed by atoms with Crippen LogP contribution in [0.4, 0.5) is 0 Å². The Balaban J connectivity index is 4.12. The van der Waals surface area contributed by atoms with Crippen molar-refractivity contribution in [3.8, 4) is 0 Å². The molecule has 0 aromatic carbocycles. The number of rotatable bonds is 55. The number of esters is 3. The van der Waals surface area contributed by atoms with Crippen LogP contribution in [0, 0.1) is 0 Å². The van der Waals surface area contributed by atoms with Gasteiger partial charge in [0.25, 0.3) is 0 Å². The van der Waals surface area contributed by atoms with Gasteiger partial charge < -0.3 is 14.2 Å². The van der Waals surface area contributed by atoms with E-state index in [1.165, 1.54) is 231 Å². The minimum absolute atomic E-state index is 0.0678. The lowest BCUT2D eigenvalue weighted by Crippen LogP contribution is -2.30. The molecule has 0 aliphatic carbocycles. The molecule has 0 fully saturated rings. The van der Waals surface area contributed by atoms with Gasteiger partial charge in [0.15, 0.2) is 6.10 Å². The fraction of sp³-hybridized carbons (Fsp3) is 0.917. The first-order valence-corrected chi connectivity index (χ1v) is 29.7. The molecule has 0 heterocycles. The van der Waals surface area contributed by atoms with Crippen molar-refractivity contribution in [3.63, 3.8) is 0 Å². The molecule has 0 rings (SSSR count). The summed E-state index contributed by atoms with van der Waals surface area (Å²) in [6, 6.07) is 0. The van der Waals surface area contributed by atoms with E-state index in [-0.39, 0.29) is 31.1 Å². The molecular weight excluding hydrogens is 817 g/mol. The highest BCUT2D eigenvalue weighted by molar-refractivity contribution is 5.71. The van der Waals surface area contributed by atoms with Gasteiger partial charge in [-0.1, -0.05) is 283 Å². The number of carbonyl (C=O) groups is 3. The molecule has 0 radical (unpaired) electrons. The summed E-state index contributed by atoms with van der Waals surface area (Å²) in [7, 11) is 0. The Bertz CT molecular complexity index is 1020. The molecule has 0 bridgehead atoms. The van der Waals surface area contributed by atoms with Crippen molar-refractivity contribution in [2.24, 2.45) is 0 Å². The van der Waals surface area contributed by atoms with E-state index in [1.807, 2.05) is 0 Å². The third-order valence-corrected chi connectivity index (χ3v) is 13.5. The van der Waals surface area contributed by atoms with Gasteiger partial charge in [0.05, 0.1) is 0 Å². The van der Waals surface area contributed by atoms with Gasteiger partial charge in [-0.15, -0.1) is 0 Å². The van der Waals surface area contributed by atoms with Crippen LogP contribution in [0.15, 0.2) is 12.2 Å². The highest BCUT2D eigenvalue weighted by atomic mass is 16.6. The van der Waals surface area contributed by atoms with Gasteiger partial charge in [0.1, 0.15) is 13.2 Å². The maximum atomic E-state index is 12.8. The fourth-order valence-corrected chi connectivity index (χ4v) is 9.03. The van der Waals surface area contributed by atoms with Gasteiger partial charge in [-0.25, -0.2) is 0 Å². The van der Waals surface area contributed by atoms with Gasteiger partial charge in [-0.05, 0) is 44.9 Å². The van der Waals surface area contributed by atoms with Gasteiger partial charge in [0.2, 0.25) is 0 Å². The second-order valence-corrected chi connectivity index (χ2v) is 20.3. The van der Waals surface area contributed by atoms with Crippen LogP contribution < -0.4 is 0 Å². The summed E-state index contributed by atoms with van der Waals surface area (Å²) in [6.07, 6.45) is 63.7. The van der Waals surface area contributed by atoms with E-state index in [2.05, 4.69) is 32.9 Å². The van der Waals surface area contributed by atoms with Gasteiger partial charge in [0, 0.05) is 19.3 Å². The maximum Gasteiger partial charge on any atom is 0.306 e. The first-order valence-electron chi connectivity index (χ1n) is 29.7. The summed E-state index contributed by atoms with van der Waals surface area (Å²) in [5, 5.41) is 0. The van der Waals surface area contributed by atoms with Crippen LogP contribution in [0.2, 0.25) is 0 Å². The zero-order valence-corrected chi connectivity index (χ0v) is 44.7. The van der Waals surface area contributed by atoms with E-state index < -0.39 is 6.10 Å². The van der Waals surface area contributed by atoms with Gasteiger partial charge >= 0.3 is 17.9 Å². The minimum Gasteiger partial charge on any atom is -0.462 e. The lowest BCUT2D eigenvalue weighted by Gasteiger charge is -2.18. The van der Waals surface area contributed by atoms with E-state index in [0.29, 0.717) is 19.3 Å². The van der Waals surface area contributed by atoms with Crippen LogP contribution in [0.3, 0.4) is 0 Å². The van der Waals surface area contributed by atoms with Crippen LogP contribution >= 0.6 is 0 Å². The third-order valence-electron chi connectivity index (χ3n) is 13.5. The van der Waals surface area contributed by atoms with Crippen molar-refractivity contribution in [2.45, 2.75) is 341 Å². The Morgan fingerprint density at radius 1 is 0.288 bits per heavy atom. The fourth-order valence-electron chi connectivity index (χ4n) is 9.03. The van der Waals surface area contributed by atoms with Crippen molar-refractivity contribution in [1.82, 2.24) is 0 Å². The molecule has 0 aromatic heterocycles. The van der Waals surface area contributed by atoms with Crippen molar-refractivity contribution in [1.29, 1.82) is 0 Å². The molecule has 0 saturated carbocycles. The molecule has 6 heteroatoms. The quantitative estimate of drug-likeness (QED) is 0.0262. The van der Waals surface area contributed by atoms with Crippen molar-refractivity contribution >= 4 is 17.9 Å². The van der Waals surface area contributed by atoms with E-state index in [0.717, 1.165) is 64.2 Å². The van der Waals surface area contributed by atoms with Crippen molar-refractivity contribution < 1.29 is 28.6 Å². The smallest absolute Gasteiger partial charge is 0.306 e. The topological polar surface area (TPSA) is 78.9 Å². The van der Waals surface area contributed by atoms with Crippen LogP contribution in [-0.4, -0.2) is 37.2 Å². The summed E-state index contributed by atoms with van der Waals surface area (Å²) in [4.78, 5) is 38.0. The molecule has 1 atom stereocenters. The van der Waals surface area contributed by atoms with Gasteiger partial charge in [-0.3, -0.25) is 14.4 Å². The molecular formula is C60H114O6. The number of unbranched alkanes of at least 4 members (excludes halogenated alkanes) is 42. The summed E-state index contributed by atoms with van der Waals surface area (Å²) in [5.74, 6) is -0.856. The highest BCUT2D eigenvalue weighted by Gasteiger charge is 2.19. The Kier molecular flexibility index (Phi) is 54.2. The second kappa shape index (κ2) is 55.7. The zero-order valence-electron chi connectivity index (χ0n) is 44.7. The molecule has 6 nitrogen and oxygen atoms in total. The normalized spacial score (nSPS) is 12.0. The monoisotopic (exact) mass is 931 g/mol. The van der Waals surface area contributed by atoms with E-state index in [1.54, 1.807) is 0 Å². The first kappa shape index (κ1) is 64.2. The molecule has 66 heavy (non-hydrogen) atoms. The predicted octanol–water partition coefficient (Wildman–Crippen LogP) is 19.7. The summed E-state index contributed by atoms with van der Waals surface area (Å²) in [5.41, 5.74) is 0. The number of hydrogen-bond acceptors (Lipinski definition) is 6. The second-order valence-electron chi connectivity index (χ2n) is 20.3. The van der Waals surface area contributed by atoms with Crippen LogP contribution in [-0.2, 0) is 28.6 Å². The largest absolute Gasteiger partial charge is 0.462 e. The molecule has 0 spiro atoms. The van der Waals surface area contributed by atoms with Crippen molar-refractivity contribution in [3.05, 3.63) is 12.2 Å². The minimum atomic E-state index is -0.768. The third kappa shape index (κ3) is 53.1. The molecule has 0 amide bonds. The van der Waals surface area contributed by atoms with Crippen LogP contribution in [0.25, 0.3) is 0 Å². The summed E-state index contributed by atoms with van der Waals surface area (Å²) in [6.45, 7) is 6.65. The average Bonchev–Trinajstić information content (AvgIpc) is 3.31. The molecule has 0 N–H and O–H groups in total. The zero-order chi connectivity index (χ0) is 47.9. The number of hydrogen-bond donors (Lipinski definition) is 0. The Hall–Kier alpha value is -1.85. The Morgan fingerprint density at radius 3 is 0.788 bits per heavy atom. The lowest BCUT2D eigenvalue weighted by atomic mass is 10.0. The molecule has 1 unspecified atom stereocenters. The summed E-state index contributed by atoms with van der Waals surface area (Å²) < 4.78 is 16.8. The van der Waals surface area contributed by atoms with Crippen LogP contribution in [0.1, 0.15) is 335 Å².